The van der Waals surface area contributed by atoms with E-state index in [-0.39, 0.29) is 21.8 Å². The zero-order valence-electron chi connectivity index (χ0n) is 22.1. The van der Waals surface area contributed by atoms with Gasteiger partial charge in [-0.3, -0.25) is 9.69 Å². The first kappa shape index (κ1) is 32.8. The summed E-state index contributed by atoms with van der Waals surface area (Å²) in [4.78, 5) is 15.0. The number of rotatable bonds is 8. The maximum Gasteiger partial charge on any atom is 0.461 e. The van der Waals surface area contributed by atoms with Crippen LogP contribution in [0.4, 0.5) is 49.6 Å². The lowest BCUT2D eigenvalue weighted by atomic mass is 9.81. The molecule has 0 aliphatic heterocycles. The summed E-state index contributed by atoms with van der Waals surface area (Å²) in [5.41, 5.74) is -5.04. The Kier molecular flexibility index (Phi) is 9.06. The van der Waals surface area contributed by atoms with E-state index in [0.29, 0.717) is 12.1 Å². The van der Waals surface area contributed by atoms with E-state index in [1.165, 1.54) is 37.3 Å². The Balaban J connectivity index is 2.05. The quantitative estimate of drug-likeness (QED) is 0.172. The Bertz CT molecular complexity index is 1680. The lowest BCUT2D eigenvalue weighted by Gasteiger charge is -2.43. The molecule has 0 fully saturated rings. The van der Waals surface area contributed by atoms with Crippen molar-refractivity contribution >= 4 is 27.5 Å². The molecule has 14 heteroatoms. The zero-order valence-corrected chi connectivity index (χ0v) is 23.7. The van der Waals surface area contributed by atoms with Gasteiger partial charge in [0.1, 0.15) is 23.2 Å². The van der Waals surface area contributed by atoms with E-state index < -0.39 is 70.0 Å². The summed E-state index contributed by atoms with van der Waals surface area (Å²) in [6.07, 6.45) is -14.6. The molecule has 0 aliphatic rings. The van der Waals surface area contributed by atoms with E-state index in [0.717, 1.165) is 41.3 Å². The fraction of sp³-hybridized carbons (Fsp3) is 0.167. The molecule has 0 saturated heterocycles. The summed E-state index contributed by atoms with van der Waals surface area (Å²) in [5, 5.41) is 0. The van der Waals surface area contributed by atoms with Crippen LogP contribution in [0.1, 0.15) is 34.0 Å². The first-order chi connectivity index (χ1) is 20.4. The molecule has 1 atom stereocenters. The van der Waals surface area contributed by atoms with E-state index in [1.807, 2.05) is 0 Å². The second kappa shape index (κ2) is 12.1. The van der Waals surface area contributed by atoms with Crippen molar-refractivity contribution in [1.82, 2.24) is 0 Å². The van der Waals surface area contributed by atoms with Gasteiger partial charge in [-0.2, -0.15) is 30.7 Å². The molecule has 1 amide bonds. The Hall–Kier alpha value is -4.07. The van der Waals surface area contributed by atoms with Crippen molar-refractivity contribution in [1.29, 1.82) is 0 Å². The van der Waals surface area contributed by atoms with Gasteiger partial charge in [0.15, 0.2) is 0 Å². The van der Waals surface area contributed by atoms with Crippen molar-refractivity contribution in [3.8, 4) is 5.75 Å². The van der Waals surface area contributed by atoms with Crippen molar-refractivity contribution in [2.45, 2.75) is 31.2 Å². The van der Waals surface area contributed by atoms with Crippen LogP contribution in [0.3, 0.4) is 0 Å². The maximum absolute atomic E-state index is 15.0. The lowest BCUT2D eigenvalue weighted by Crippen LogP contribution is -2.49. The Morgan fingerprint density at radius 3 is 2.02 bits per heavy atom. The average Bonchev–Trinajstić information content (AvgIpc) is 2.94. The molecule has 0 spiro atoms. The number of amides is 1. The third kappa shape index (κ3) is 6.54. The average molecular weight is 694 g/mol. The first-order valence-corrected chi connectivity index (χ1v) is 13.1. The van der Waals surface area contributed by atoms with Crippen LogP contribution in [0.5, 0.6) is 5.75 Å². The summed E-state index contributed by atoms with van der Waals surface area (Å²) in [6.45, 7) is 1.23. The fourth-order valence-electron chi connectivity index (χ4n) is 4.49. The van der Waals surface area contributed by atoms with Gasteiger partial charge in [-0.15, -0.1) is 0 Å². The molecule has 4 aromatic rings. The lowest BCUT2D eigenvalue weighted by molar-refractivity contribution is -0.253. The number of anilines is 1. The second-order valence-corrected chi connectivity index (χ2v) is 10.4. The second-order valence-electron chi connectivity index (χ2n) is 9.51. The minimum absolute atomic E-state index is 0.0389. The molecule has 232 valence electrons. The standard InChI is InChI=1S/C30H18BrF10NO2/c1-28(17-8-10-25(34)23(31)14-17,18-12-19(32)15-21(13-18)44-30(40,41)27(35)36)42(20-5-3-2-4-6-20)26(43)16-7-9-24(33)22(11-16)29(37,38)39/h2-15,27H,1H3/t28-/m1/s1. The highest BCUT2D eigenvalue weighted by molar-refractivity contribution is 9.10. The van der Waals surface area contributed by atoms with Crippen molar-refractivity contribution in [3.63, 3.8) is 0 Å². The smallest absolute Gasteiger partial charge is 0.428 e. The van der Waals surface area contributed by atoms with Crippen LogP contribution in [0.25, 0.3) is 0 Å². The molecule has 4 rings (SSSR count). The van der Waals surface area contributed by atoms with Gasteiger partial charge in [0.05, 0.1) is 15.6 Å². The van der Waals surface area contributed by atoms with Crippen molar-refractivity contribution < 1.29 is 53.4 Å². The molecule has 3 nitrogen and oxygen atoms in total. The summed E-state index contributed by atoms with van der Waals surface area (Å²) in [6, 6.07) is 13.6. The molecule has 0 heterocycles. The van der Waals surface area contributed by atoms with Crippen molar-refractivity contribution in [2.75, 3.05) is 4.90 Å². The molecule has 0 radical (unpaired) electrons. The molecule has 4 aromatic carbocycles. The number of hydrogen-bond donors (Lipinski definition) is 0. The number of benzene rings is 4. The molecule has 0 aromatic heterocycles. The molecular weight excluding hydrogens is 676 g/mol. The summed E-state index contributed by atoms with van der Waals surface area (Å²) in [7, 11) is 0. The van der Waals surface area contributed by atoms with Crippen molar-refractivity contribution in [2.24, 2.45) is 0 Å². The number of carbonyl (C=O) groups is 1. The van der Waals surface area contributed by atoms with Crippen LogP contribution in [-0.2, 0) is 11.7 Å². The number of halogens is 11. The molecular formula is C30H18BrF10NO2. The van der Waals surface area contributed by atoms with Gasteiger partial charge in [-0.25, -0.2) is 13.2 Å². The van der Waals surface area contributed by atoms with Gasteiger partial charge in [0.25, 0.3) is 5.91 Å². The maximum atomic E-state index is 15.0. The SMILES string of the molecule is C[C@](c1cc(F)cc(OC(F)(F)C(F)F)c1)(c1ccc(F)c(Br)c1)N(C(=O)c1ccc(F)c(C(F)(F)F)c1)c1ccccc1. The highest BCUT2D eigenvalue weighted by Gasteiger charge is 2.46. The minimum Gasteiger partial charge on any atom is -0.428 e. The molecule has 44 heavy (non-hydrogen) atoms. The third-order valence-corrected chi connectivity index (χ3v) is 7.21. The number of nitrogens with zero attached hydrogens (tertiary/aromatic N) is 1. The van der Waals surface area contributed by atoms with Crippen molar-refractivity contribution in [3.05, 3.63) is 129 Å². The molecule has 0 unspecified atom stereocenters. The number of carbonyl (C=O) groups excluding carboxylic acids is 1. The van der Waals surface area contributed by atoms with Crippen LogP contribution in [0.2, 0.25) is 0 Å². The number of ether oxygens (including phenoxy) is 1. The van der Waals surface area contributed by atoms with E-state index in [1.54, 1.807) is 0 Å². The van der Waals surface area contributed by atoms with Crippen LogP contribution in [-0.4, -0.2) is 18.4 Å². The number of hydrogen-bond acceptors (Lipinski definition) is 2. The van der Waals surface area contributed by atoms with Gasteiger partial charge >= 0.3 is 18.7 Å². The summed E-state index contributed by atoms with van der Waals surface area (Å²) >= 11 is 3.00. The van der Waals surface area contributed by atoms with Gasteiger partial charge in [0.2, 0.25) is 0 Å². The molecule has 0 aliphatic carbocycles. The first-order valence-electron chi connectivity index (χ1n) is 12.3. The Morgan fingerprint density at radius 2 is 1.43 bits per heavy atom. The number of alkyl halides is 7. The predicted molar refractivity (Wildman–Crippen MR) is 143 cm³/mol. The summed E-state index contributed by atoms with van der Waals surface area (Å²) < 4.78 is 141. The van der Waals surface area contributed by atoms with E-state index in [4.69, 9.17) is 0 Å². The third-order valence-electron chi connectivity index (χ3n) is 6.61. The normalized spacial score (nSPS) is 13.5. The number of para-hydroxylation sites is 1. The van der Waals surface area contributed by atoms with E-state index in [2.05, 4.69) is 20.7 Å². The monoisotopic (exact) mass is 693 g/mol. The predicted octanol–water partition coefficient (Wildman–Crippen LogP) is 9.73. The van der Waals surface area contributed by atoms with Crippen LogP contribution in [0, 0.1) is 17.5 Å². The van der Waals surface area contributed by atoms with E-state index >= 15 is 0 Å². The Labute approximate surface area is 251 Å². The molecule has 0 N–H and O–H groups in total. The highest BCUT2D eigenvalue weighted by Crippen LogP contribution is 2.43. The van der Waals surface area contributed by atoms with Gasteiger partial charge in [0, 0.05) is 17.3 Å². The minimum atomic E-state index is -5.20. The largest absolute Gasteiger partial charge is 0.461 e. The van der Waals surface area contributed by atoms with Gasteiger partial charge < -0.3 is 4.74 Å². The topological polar surface area (TPSA) is 29.5 Å². The molecule has 0 saturated carbocycles. The van der Waals surface area contributed by atoms with Gasteiger partial charge in [-0.1, -0.05) is 24.3 Å². The van der Waals surface area contributed by atoms with Crippen LogP contribution < -0.4 is 9.64 Å². The Morgan fingerprint density at radius 1 is 0.795 bits per heavy atom. The van der Waals surface area contributed by atoms with Gasteiger partial charge in [-0.05, 0) is 88.6 Å². The summed E-state index contributed by atoms with van der Waals surface area (Å²) in [5.74, 6) is -6.04. The molecule has 0 bridgehead atoms. The van der Waals surface area contributed by atoms with Crippen LogP contribution in [0.15, 0.2) is 89.4 Å². The highest BCUT2D eigenvalue weighted by atomic mass is 79.9. The fourth-order valence-corrected chi connectivity index (χ4v) is 4.87. The van der Waals surface area contributed by atoms with Crippen LogP contribution >= 0.6 is 15.9 Å². The van der Waals surface area contributed by atoms with E-state index in [9.17, 15) is 48.7 Å². The zero-order chi connectivity index (χ0) is 32.6.